The van der Waals surface area contributed by atoms with Crippen molar-refractivity contribution >= 4 is 56.5 Å². The van der Waals surface area contributed by atoms with Gasteiger partial charge < -0.3 is 47.0 Å². The second-order valence-electron chi connectivity index (χ2n) is 16.7. The Morgan fingerprint density at radius 2 is 1.72 bits per heavy atom. The number of carbonyl (C=O) groups excluding carboxylic acids is 4. The first kappa shape index (κ1) is 47.9. The molecule has 1 aliphatic heterocycles. The molecule has 1 aliphatic rings. The van der Waals surface area contributed by atoms with E-state index < -0.39 is 87.3 Å². The van der Waals surface area contributed by atoms with Gasteiger partial charge in [-0.2, -0.15) is 0 Å². The van der Waals surface area contributed by atoms with Crippen molar-refractivity contribution in [3.8, 4) is 5.75 Å². The van der Waals surface area contributed by atoms with Crippen LogP contribution < -0.4 is 36.9 Å². The third kappa shape index (κ3) is 12.9. The first-order chi connectivity index (χ1) is 28.3. The number of carboxylic acid groups (broad SMARTS) is 1. The van der Waals surface area contributed by atoms with Gasteiger partial charge in [-0.05, 0) is 122 Å². The minimum Gasteiger partial charge on any atom is -0.487 e. The summed E-state index contributed by atoms with van der Waals surface area (Å²) in [5.74, 6) is -4.73. The summed E-state index contributed by atoms with van der Waals surface area (Å²) in [5.41, 5.74) is 14.5. The largest absolute Gasteiger partial charge is 0.487 e. The number of H-pyrrole nitrogens is 1. The van der Waals surface area contributed by atoms with Crippen LogP contribution in [0.2, 0.25) is 0 Å². The molecule has 18 nitrogen and oxygen atoms in total. The van der Waals surface area contributed by atoms with Crippen LogP contribution in [0.4, 0.5) is 4.39 Å². The number of nitrogens with one attached hydrogen (secondary N) is 5. The number of benzene rings is 2. The molecule has 3 aromatic rings. The lowest BCUT2D eigenvalue weighted by atomic mass is 9.94. The number of aromatic nitrogens is 1. The Balaban J connectivity index is 1.42. The molecule has 2 heterocycles. The standard InChI is InChI=1S/C41H57FN8O10S/c1-21-22(2)35(23(3)27-18-41(7,8)60-34(21)27)61(57,58)50-39(44)45-15-9-10-29(37(54)49-30(38(55)56)13-14-33(52)59-40(4,5)6)48-32(51)20-47-36(53)28(43)16-24-19-46-31-17-25(42)11-12-26(24)31/h11-12,17,19,28-30,46H,9-10,13-16,18,20,43H2,1-8H3,(H,47,53)(H,48,51)(H,49,54)(H,55,56)(H3,44,45,50)/t28-,29-,30-/m0/s1. The summed E-state index contributed by atoms with van der Waals surface area (Å²) in [7, 11) is -4.20. The summed E-state index contributed by atoms with van der Waals surface area (Å²) in [5, 5.41) is 17.8. The highest BCUT2D eigenvalue weighted by molar-refractivity contribution is 7.90. The van der Waals surface area contributed by atoms with Crippen molar-refractivity contribution in [2.75, 3.05) is 13.1 Å². The number of nitrogens with zero attached hydrogens (tertiary/aromatic N) is 1. The van der Waals surface area contributed by atoms with Crippen LogP contribution in [0.3, 0.4) is 0 Å². The lowest BCUT2D eigenvalue weighted by Crippen LogP contribution is -2.54. The van der Waals surface area contributed by atoms with Gasteiger partial charge in [-0.3, -0.25) is 24.2 Å². The van der Waals surface area contributed by atoms with E-state index >= 15 is 0 Å². The van der Waals surface area contributed by atoms with Crippen molar-refractivity contribution < 1.29 is 51.4 Å². The molecule has 0 unspecified atom stereocenters. The fourth-order valence-corrected chi connectivity index (χ4v) is 8.54. The van der Waals surface area contributed by atoms with Crippen molar-refractivity contribution in [1.29, 1.82) is 0 Å². The number of amides is 3. The molecule has 10 N–H and O–H groups in total. The van der Waals surface area contributed by atoms with Gasteiger partial charge in [0.2, 0.25) is 23.7 Å². The van der Waals surface area contributed by atoms with Crippen molar-refractivity contribution in [2.45, 2.75) is 128 Å². The zero-order valence-electron chi connectivity index (χ0n) is 35.7. The van der Waals surface area contributed by atoms with Crippen LogP contribution in [0.15, 0.2) is 34.3 Å². The average Bonchev–Trinajstić information content (AvgIpc) is 3.70. The lowest BCUT2D eigenvalue weighted by molar-refractivity contribution is -0.155. The number of hydrogen-bond donors (Lipinski definition) is 8. The summed E-state index contributed by atoms with van der Waals surface area (Å²) < 4.78 is 54.5. The third-order valence-corrected chi connectivity index (χ3v) is 11.6. The smallest absolute Gasteiger partial charge is 0.326 e. The maximum absolute atomic E-state index is 13.6. The number of ether oxygens (including phenoxy) is 2. The molecule has 3 atom stereocenters. The van der Waals surface area contributed by atoms with Gasteiger partial charge >= 0.3 is 11.9 Å². The van der Waals surface area contributed by atoms with Crippen LogP contribution in [-0.2, 0) is 51.6 Å². The molecular weight excluding hydrogens is 816 g/mol. The van der Waals surface area contributed by atoms with Gasteiger partial charge in [0.1, 0.15) is 34.9 Å². The average molecular weight is 873 g/mol. The summed E-state index contributed by atoms with van der Waals surface area (Å²) in [6.45, 7) is 13.2. The number of guanidine groups is 1. The van der Waals surface area contributed by atoms with Gasteiger partial charge in [-0.1, -0.05) is 0 Å². The van der Waals surface area contributed by atoms with Gasteiger partial charge in [0, 0.05) is 42.0 Å². The number of sulfonamides is 1. The summed E-state index contributed by atoms with van der Waals surface area (Å²) >= 11 is 0. The number of aliphatic carboxylic acids is 1. The highest BCUT2D eigenvalue weighted by atomic mass is 32.2. The van der Waals surface area contributed by atoms with E-state index in [1.165, 1.54) is 12.1 Å². The molecular formula is C41H57FN8O10S. The second-order valence-corrected chi connectivity index (χ2v) is 18.4. The number of carbonyl (C=O) groups is 5. The molecule has 2 aromatic carbocycles. The summed E-state index contributed by atoms with van der Waals surface area (Å²) in [6.07, 6.45) is 1.45. The zero-order valence-corrected chi connectivity index (χ0v) is 36.5. The minimum atomic E-state index is -4.20. The maximum atomic E-state index is 13.6. The highest BCUT2D eigenvalue weighted by Crippen LogP contribution is 2.43. The van der Waals surface area contributed by atoms with Crippen molar-refractivity contribution in [3.63, 3.8) is 0 Å². The summed E-state index contributed by atoms with van der Waals surface area (Å²) in [6, 6.07) is 0.136. The first-order valence-electron chi connectivity index (χ1n) is 19.8. The van der Waals surface area contributed by atoms with Crippen LogP contribution in [0.1, 0.15) is 88.1 Å². The van der Waals surface area contributed by atoms with Gasteiger partial charge in [0.15, 0.2) is 0 Å². The molecule has 0 saturated carbocycles. The number of esters is 1. The van der Waals surface area contributed by atoms with E-state index in [1.807, 2.05) is 13.8 Å². The second kappa shape index (κ2) is 19.3. The van der Waals surface area contributed by atoms with Gasteiger partial charge in [0.25, 0.3) is 10.0 Å². The number of halogens is 1. The van der Waals surface area contributed by atoms with E-state index in [1.54, 1.807) is 53.8 Å². The molecule has 20 heteroatoms. The topological polar surface area (TPSA) is 286 Å². The molecule has 0 saturated heterocycles. The van der Waals surface area contributed by atoms with Crippen LogP contribution in [-0.4, -0.2) is 96.5 Å². The monoisotopic (exact) mass is 872 g/mol. The Morgan fingerprint density at radius 1 is 1.03 bits per heavy atom. The third-order valence-electron chi connectivity index (χ3n) is 9.99. The molecule has 1 aromatic heterocycles. The van der Waals surface area contributed by atoms with E-state index in [-0.39, 0.29) is 43.5 Å². The van der Waals surface area contributed by atoms with Crippen molar-refractivity contribution in [2.24, 2.45) is 16.5 Å². The minimum absolute atomic E-state index is 0.0463. The Morgan fingerprint density at radius 3 is 2.38 bits per heavy atom. The van der Waals surface area contributed by atoms with Crippen LogP contribution in [0, 0.1) is 26.6 Å². The fraction of sp³-hybridized carbons (Fsp3) is 0.512. The van der Waals surface area contributed by atoms with Crippen molar-refractivity contribution in [1.82, 2.24) is 25.7 Å². The predicted octanol–water partition coefficient (Wildman–Crippen LogP) is 2.18. The molecule has 0 fully saturated rings. The van der Waals surface area contributed by atoms with E-state index in [0.717, 1.165) is 5.56 Å². The highest BCUT2D eigenvalue weighted by Gasteiger charge is 2.37. The van der Waals surface area contributed by atoms with E-state index in [0.29, 0.717) is 45.3 Å². The van der Waals surface area contributed by atoms with E-state index in [4.69, 9.17) is 20.9 Å². The lowest BCUT2D eigenvalue weighted by Gasteiger charge is -2.23. The summed E-state index contributed by atoms with van der Waals surface area (Å²) in [4.78, 5) is 70.9. The predicted molar refractivity (Wildman–Crippen MR) is 225 cm³/mol. The molecule has 3 amide bonds. The van der Waals surface area contributed by atoms with Crippen molar-refractivity contribution in [3.05, 3.63) is 58.0 Å². The number of carboxylic acids is 1. The van der Waals surface area contributed by atoms with E-state index in [2.05, 4.69) is 30.6 Å². The van der Waals surface area contributed by atoms with Crippen LogP contribution in [0.25, 0.3) is 10.9 Å². The normalized spacial score (nSPS) is 15.2. The quantitative estimate of drug-likeness (QED) is 0.0395. The number of nitrogens with two attached hydrogens (primary N) is 2. The Hall–Kier alpha value is -5.76. The van der Waals surface area contributed by atoms with Gasteiger partial charge in [-0.25, -0.2) is 22.3 Å². The van der Waals surface area contributed by atoms with Crippen LogP contribution in [0.5, 0.6) is 5.75 Å². The molecule has 0 aliphatic carbocycles. The number of rotatable bonds is 18. The van der Waals surface area contributed by atoms with E-state index in [9.17, 15) is 41.9 Å². The number of aliphatic imine (C=N–C) groups is 1. The first-order valence-corrected chi connectivity index (χ1v) is 21.2. The molecule has 0 radical (unpaired) electrons. The fourth-order valence-electron chi connectivity index (χ4n) is 7.02. The van der Waals surface area contributed by atoms with Gasteiger partial charge in [0.05, 0.1) is 17.5 Å². The Bertz CT molecular complexity index is 2320. The zero-order chi connectivity index (χ0) is 45.6. The van der Waals surface area contributed by atoms with Gasteiger partial charge in [-0.15, -0.1) is 0 Å². The van der Waals surface area contributed by atoms with Crippen LogP contribution >= 0.6 is 0 Å². The number of hydrogen-bond acceptors (Lipinski definition) is 11. The molecule has 0 spiro atoms. The molecule has 0 bridgehead atoms. The SMILES string of the molecule is Cc1c(C)c(S(=O)(=O)NC(N)=NCCC[C@H](NC(=O)CNC(=O)[C@@H](N)Cc2c[nH]c3cc(F)ccc23)C(=O)N[C@@H](CCC(=O)OC(C)(C)C)C(=O)O)c(C)c2c1OC(C)(C)C2. The number of fused-ring (bicyclic) bond motifs is 2. The molecule has 61 heavy (non-hydrogen) atoms. The number of aromatic amines is 1. The molecule has 4 rings (SSSR count). The maximum Gasteiger partial charge on any atom is 0.326 e. The Kier molecular flexibility index (Phi) is 15.2. The Labute approximate surface area is 354 Å². The molecule has 334 valence electrons.